The number of rotatable bonds is 9. The van der Waals surface area contributed by atoms with Gasteiger partial charge in [0.25, 0.3) is 0 Å². The minimum Gasteiger partial charge on any atom is -0.490 e. The van der Waals surface area contributed by atoms with Crippen LogP contribution in [0, 0.1) is 0 Å². The molecule has 30 heavy (non-hydrogen) atoms. The average Bonchev–Trinajstić information content (AvgIpc) is 2.72. The Balaban J connectivity index is 2.15. The van der Waals surface area contributed by atoms with Crippen LogP contribution in [-0.4, -0.2) is 32.2 Å². The molecule has 1 N–H and O–H groups in total. The molecule has 6 nitrogen and oxygen atoms in total. The van der Waals surface area contributed by atoms with Crippen molar-refractivity contribution in [2.24, 2.45) is 0 Å². The lowest BCUT2D eigenvalue weighted by molar-refractivity contribution is -0.144. The maximum atomic E-state index is 12.5. The number of ether oxygens (including phenoxy) is 3. The molecule has 0 fully saturated rings. The van der Waals surface area contributed by atoms with Crippen LogP contribution in [0.5, 0.6) is 11.5 Å². The molecule has 1 atom stereocenters. The Morgan fingerprint density at radius 3 is 2.43 bits per heavy atom. The maximum Gasteiger partial charge on any atom is 0.387 e. The van der Waals surface area contributed by atoms with Crippen molar-refractivity contribution in [2.75, 3.05) is 13.7 Å². The van der Waals surface area contributed by atoms with Crippen LogP contribution in [0.15, 0.2) is 53.0 Å². The molecule has 1 amide bonds. The molecular formula is C21H20BrF2NO5. The van der Waals surface area contributed by atoms with Crippen molar-refractivity contribution in [3.8, 4) is 11.5 Å². The number of amides is 1. The maximum absolute atomic E-state index is 12.5. The van der Waals surface area contributed by atoms with Gasteiger partial charge in [-0.25, -0.2) is 4.79 Å². The third-order valence-corrected chi connectivity index (χ3v) is 4.37. The Morgan fingerprint density at radius 1 is 1.13 bits per heavy atom. The van der Waals surface area contributed by atoms with Crippen LogP contribution in [0.2, 0.25) is 0 Å². The Labute approximate surface area is 180 Å². The van der Waals surface area contributed by atoms with Crippen molar-refractivity contribution < 1.29 is 32.6 Å². The van der Waals surface area contributed by atoms with Crippen LogP contribution in [0.1, 0.15) is 24.1 Å². The van der Waals surface area contributed by atoms with Crippen molar-refractivity contribution in [2.45, 2.75) is 19.6 Å². The van der Waals surface area contributed by atoms with Gasteiger partial charge in [0.05, 0.1) is 13.7 Å². The molecule has 0 saturated carbocycles. The van der Waals surface area contributed by atoms with Gasteiger partial charge in [-0.2, -0.15) is 8.78 Å². The number of halogens is 3. The number of benzene rings is 2. The number of alkyl halides is 2. The molecule has 2 aromatic rings. The number of nitrogens with one attached hydrogen (secondary N) is 1. The van der Waals surface area contributed by atoms with E-state index in [1.165, 1.54) is 37.5 Å². The largest absolute Gasteiger partial charge is 0.490 e. The average molecular weight is 484 g/mol. The molecule has 1 unspecified atom stereocenters. The summed E-state index contributed by atoms with van der Waals surface area (Å²) in [5, 5.41) is 2.58. The fourth-order valence-electron chi connectivity index (χ4n) is 2.50. The highest BCUT2D eigenvalue weighted by Crippen LogP contribution is 2.30. The van der Waals surface area contributed by atoms with Gasteiger partial charge in [-0.05, 0) is 48.4 Å². The summed E-state index contributed by atoms with van der Waals surface area (Å²) in [6.45, 7) is -1.02. The fourth-order valence-corrected chi connectivity index (χ4v) is 2.77. The Kier molecular flexibility index (Phi) is 8.79. The highest BCUT2D eigenvalue weighted by atomic mass is 79.9. The van der Waals surface area contributed by atoms with E-state index in [-0.39, 0.29) is 18.1 Å². The van der Waals surface area contributed by atoms with E-state index in [2.05, 4.69) is 26.0 Å². The molecule has 0 aliphatic carbocycles. The summed E-state index contributed by atoms with van der Waals surface area (Å²) in [6, 6.07) is 10.2. The van der Waals surface area contributed by atoms with Crippen LogP contribution < -0.4 is 14.8 Å². The molecule has 0 aliphatic rings. The van der Waals surface area contributed by atoms with Gasteiger partial charge in [0.15, 0.2) is 17.5 Å². The van der Waals surface area contributed by atoms with Crippen LogP contribution in [0.4, 0.5) is 8.78 Å². The third kappa shape index (κ3) is 6.84. The molecule has 0 bridgehead atoms. The van der Waals surface area contributed by atoms with Gasteiger partial charge >= 0.3 is 12.6 Å². The van der Waals surface area contributed by atoms with Gasteiger partial charge in [0, 0.05) is 10.5 Å². The molecule has 0 radical (unpaired) electrons. The summed E-state index contributed by atoms with van der Waals surface area (Å²) < 4.78 is 40.3. The van der Waals surface area contributed by atoms with E-state index in [0.717, 1.165) is 4.47 Å². The molecule has 0 heterocycles. The minimum atomic E-state index is -2.98. The molecule has 2 aromatic carbocycles. The number of esters is 1. The lowest BCUT2D eigenvalue weighted by atomic mass is 10.1. The van der Waals surface area contributed by atoms with E-state index < -0.39 is 24.5 Å². The first-order valence-electron chi connectivity index (χ1n) is 8.87. The quantitative estimate of drug-likeness (QED) is 0.420. The van der Waals surface area contributed by atoms with Crippen molar-refractivity contribution in [1.82, 2.24) is 5.32 Å². The molecule has 160 valence electrons. The zero-order valence-corrected chi connectivity index (χ0v) is 17.8. The molecule has 0 spiro atoms. The monoisotopic (exact) mass is 483 g/mol. The number of methoxy groups -OCH3 is 1. The van der Waals surface area contributed by atoms with E-state index in [9.17, 15) is 18.4 Å². The second-order valence-electron chi connectivity index (χ2n) is 5.87. The number of carbonyl (C=O) groups excluding carboxylic acids is 2. The van der Waals surface area contributed by atoms with Crippen LogP contribution in [0.3, 0.4) is 0 Å². The highest BCUT2D eigenvalue weighted by Gasteiger charge is 2.22. The molecule has 2 rings (SSSR count). The Morgan fingerprint density at radius 2 is 1.83 bits per heavy atom. The Bertz CT molecular complexity index is 903. The molecule has 0 saturated heterocycles. The summed E-state index contributed by atoms with van der Waals surface area (Å²) in [6.07, 6.45) is 2.67. The summed E-state index contributed by atoms with van der Waals surface area (Å²) in [5.41, 5.74) is 1.08. The standard InChI is InChI=1S/C21H20BrF2NO5/c1-3-29-17-12-13(4-10-16(17)30-21(23)24)5-11-18(26)25-19(20(27)28-2)14-6-8-15(22)9-7-14/h4-12,19,21H,3H2,1-2H3,(H,25,26)/b11-5+. The first-order chi connectivity index (χ1) is 14.3. The summed E-state index contributed by atoms with van der Waals surface area (Å²) in [7, 11) is 1.23. The van der Waals surface area contributed by atoms with Crippen molar-refractivity contribution in [3.63, 3.8) is 0 Å². The third-order valence-electron chi connectivity index (χ3n) is 3.84. The second kappa shape index (κ2) is 11.3. The normalized spacial score (nSPS) is 11.9. The predicted octanol–water partition coefficient (Wildman–Crippen LogP) is 4.49. The van der Waals surface area contributed by atoms with E-state index in [4.69, 9.17) is 9.47 Å². The van der Waals surface area contributed by atoms with Gasteiger partial charge in [0.1, 0.15) is 0 Å². The molecule has 0 aliphatic heterocycles. The minimum absolute atomic E-state index is 0.102. The zero-order chi connectivity index (χ0) is 22.1. The Hall–Kier alpha value is -2.94. The second-order valence-corrected chi connectivity index (χ2v) is 6.78. The van der Waals surface area contributed by atoms with Gasteiger partial charge in [0.2, 0.25) is 5.91 Å². The van der Waals surface area contributed by atoms with Crippen LogP contribution in [-0.2, 0) is 14.3 Å². The molecule has 9 heteroatoms. The zero-order valence-electron chi connectivity index (χ0n) is 16.2. The van der Waals surface area contributed by atoms with E-state index in [1.54, 1.807) is 31.2 Å². The smallest absolute Gasteiger partial charge is 0.387 e. The van der Waals surface area contributed by atoms with Crippen LogP contribution >= 0.6 is 15.9 Å². The fraction of sp³-hybridized carbons (Fsp3) is 0.238. The van der Waals surface area contributed by atoms with Crippen molar-refractivity contribution in [1.29, 1.82) is 0 Å². The highest BCUT2D eigenvalue weighted by molar-refractivity contribution is 9.10. The predicted molar refractivity (Wildman–Crippen MR) is 110 cm³/mol. The van der Waals surface area contributed by atoms with Gasteiger partial charge in [-0.15, -0.1) is 0 Å². The van der Waals surface area contributed by atoms with Crippen molar-refractivity contribution in [3.05, 3.63) is 64.1 Å². The lowest BCUT2D eigenvalue weighted by Crippen LogP contribution is -2.33. The van der Waals surface area contributed by atoms with E-state index in [0.29, 0.717) is 11.1 Å². The first-order valence-corrected chi connectivity index (χ1v) is 9.66. The SMILES string of the molecule is CCOc1cc(/C=C/C(=O)NC(C(=O)OC)c2ccc(Br)cc2)ccc1OC(F)F. The lowest BCUT2D eigenvalue weighted by Gasteiger charge is -2.16. The topological polar surface area (TPSA) is 73.9 Å². The summed E-state index contributed by atoms with van der Waals surface area (Å²) in [5.74, 6) is -1.14. The summed E-state index contributed by atoms with van der Waals surface area (Å²) >= 11 is 3.31. The molecular weight excluding hydrogens is 464 g/mol. The number of hydrogen-bond donors (Lipinski definition) is 1. The van der Waals surface area contributed by atoms with Gasteiger partial charge < -0.3 is 19.5 Å². The first kappa shape index (κ1) is 23.3. The number of carbonyl (C=O) groups is 2. The van der Waals surface area contributed by atoms with Gasteiger partial charge in [-0.1, -0.05) is 34.1 Å². The molecule has 0 aromatic heterocycles. The van der Waals surface area contributed by atoms with E-state index >= 15 is 0 Å². The van der Waals surface area contributed by atoms with Crippen LogP contribution in [0.25, 0.3) is 6.08 Å². The van der Waals surface area contributed by atoms with E-state index in [1.807, 2.05) is 0 Å². The van der Waals surface area contributed by atoms with Gasteiger partial charge in [-0.3, -0.25) is 4.79 Å². The summed E-state index contributed by atoms with van der Waals surface area (Å²) in [4.78, 5) is 24.4. The van der Waals surface area contributed by atoms with Crippen molar-refractivity contribution >= 4 is 33.9 Å². The number of hydrogen-bond acceptors (Lipinski definition) is 5.